The molecule has 2 aromatic rings. The van der Waals surface area contributed by atoms with Crippen molar-refractivity contribution in [3.8, 4) is 23.0 Å². The van der Waals surface area contributed by atoms with Gasteiger partial charge in [-0.1, -0.05) is 0 Å². The fourth-order valence-corrected chi connectivity index (χ4v) is 1.57. The standard InChI is InChI=1S/C14H14O3/c1-9-8-12(4-5-13(9)16)17-14-6-3-11(15)7-10(14)2/h3-8,15-16H,1-2H3. The highest BCUT2D eigenvalue weighted by atomic mass is 16.5. The Labute approximate surface area is 99.9 Å². The molecule has 0 aromatic heterocycles. The fourth-order valence-electron chi connectivity index (χ4n) is 1.57. The van der Waals surface area contributed by atoms with Crippen LogP contribution in [-0.4, -0.2) is 10.2 Å². The van der Waals surface area contributed by atoms with Crippen molar-refractivity contribution in [2.24, 2.45) is 0 Å². The molecular formula is C14H14O3. The van der Waals surface area contributed by atoms with Gasteiger partial charge in [-0.15, -0.1) is 0 Å². The molecule has 0 aliphatic rings. The van der Waals surface area contributed by atoms with Crippen LogP contribution in [0.5, 0.6) is 23.0 Å². The van der Waals surface area contributed by atoms with Crippen molar-refractivity contribution < 1.29 is 14.9 Å². The van der Waals surface area contributed by atoms with E-state index in [1.807, 2.05) is 13.8 Å². The summed E-state index contributed by atoms with van der Waals surface area (Å²) in [5, 5.41) is 18.7. The first-order valence-electron chi connectivity index (χ1n) is 5.33. The van der Waals surface area contributed by atoms with Crippen LogP contribution in [0.2, 0.25) is 0 Å². The molecular weight excluding hydrogens is 216 g/mol. The van der Waals surface area contributed by atoms with E-state index in [1.54, 1.807) is 36.4 Å². The third kappa shape index (κ3) is 2.50. The molecule has 0 aliphatic heterocycles. The van der Waals surface area contributed by atoms with Crippen LogP contribution in [0.25, 0.3) is 0 Å². The number of phenols is 2. The van der Waals surface area contributed by atoms with E-state index in [1.165, 1.54) is 0 Å². The Morgan fingerprint density at radius 2 is 1.65 bits per heavy atom. The zero-order valence-corrected chi connectivity index (χ0v) is 9.77. The van der Waals surface area contributed by atoms with Crippen LogP contribution in [0.3, 0.4) is 0 Å². The molecule has 0 amide bonds. The molecule has 0 saturated heterocycles. The maximum Gasteiger partial charge on any atom is 0.130 e. The highest BCUT2D eigenvalue weighted by Crippen LogP contribution is 2.29. The third-order valence-corrected chi connectivity index (χ3v) is 2.55. The van der Waals surface area contributed by atoms with Crippen LogP contribution in [0.15, 0.2) is 36.4 Å². The topological polar surface area (TPSA) is 49.7 Å². The number of rotatable bonds is 2. The van der Waals surface area contributed by atoms with E-state index < -0.39 is 0 Å². The monoisotopic (exact) mass is 230 g/mol. The second-order valence-electron chi connectivity index (χ2n) is 4.00. The van der Waals surface area contributed by atoms with Crippen molar-refractivity contribution in [1.29, 1.82) is 0 Å². The van der Waals surface area contributed by atoms with E-state index in [0.717, 1.165) is 11.1 Å². The van der Waals surface area contributed by atoms with Crippen LogP contribution in [0.4, 0.5) is 0 Å². The van der Waals surface area contributed by atoms with Gasteiger partial charge < -0.3 is 14.9 Å². The molecule has 0 heterocycles. The molecule has 0 aliphatic carbocycles. The Morgan fingerprint density at radius 1 is 0.882 bits per heavy atom. The second kappa shape index (κ2) is 4.37. The highest BCUT2D eigenvalue weighted by molar-refractivity contribution is 5.44. The molecule has 0 atom stereocenters. The zero-order chi connectivity index (χ0) is 12.4. The van der Waals surface area contributed by atoms with E-state index in [4.69, 9.17) is 4.74 Å². The Kier molecular flexibility index (Phi) is 2.91. The lowest BCUT2D eigenvalue weighted by Crippen LogP contribution is -1.88. The molecule has 0 spiro atoms. The second-order valence-corrected chi connectivity index (χ2v) is 4.00. The van der Waals surface area contributed by atoms with E-state index >= 15 is 0 Å². The molecule has 2 rings (SSSR count). The molecule has 3 heteroatoms. The van der Waals surface area contributed by atoms with Crippen molar-refractivity contribution in [3.05, 3.63) is 47.5 Å². The van der Waals surface area contributed by atoms with Gasteiger partial charge in [0.1, 0.15) is 23.0 Å². The van der Waals surface area contributed by atoms with Crippen LogP contribution >= 0.6 is 0 Å². The Hall–Kier alpha value is -2.16. The summed E-state index contributed by atoms with van der Waals surface area (Å²) >= 11 is 0. The molecule has 17 heavy (non-hydrogen) atoms. The van der Waals surface area contributed by atoms with Crippen LogP contribution in [-0.2, 0) is 0 Å². The predicted octanol–water partition coefficient (Wildman–Crippen LogP) is 3.51. The fraction of sp³-hybridized carbons (Fsp3) is 0.143. The van der Waals surface area contributed by atoms with Crippen molar-refractivity contribution in [2.75, 3.05) is 0 Å². The van der Waals surface area contributed by atoms with Gasteiger partial charge in [0.15, 0.2) is 0 Å². The molecule has 3 nitrogen and oxygen atoms in total. The lowest BCUT2D eigenvalue weighted by molar-refractivity contribution is 0.454. The van der Waals surface area contributed by atoms with Gasteiger partial charge >= 0.3 is 0 Å². The molecule has 2 N–H and O–H groups in total. The normalized spacial score (nSPS) is 10.2. The number of hydrogen-bond donors (Lipinski definition) is 2. The quantitative estimate of drug-likeness (QED) is 0.830. The third-order valence-electron chi connectivity index (χ3n) is 2.55. The Morgan fingerprint density at radius 3 is 2.29 bits per heavy atom. The summed E-state index contributed by atoms with van der Waals surface area (Å²) in [4.78, 5) is 0. The van der Waals surface area contributed by atoms with Gasteiger partial charge in [0.25, 0.3) is 0 Å². The minimum absolute atomic E-state index is 0.219. The van der Waals surface area contributed by atoms with Crippen LogP contribution in [0.1, 0.15) is 11.1 Å². The molecule has 0 saturated carbocycles. The van der Waals surface area contributed by atoms with Crippen molar-refractivity contribution in [2.45, 2.75) is 13.8 Å². The number of ether oxygens (including phenoxy) is 1. The van der Waals surface area contributed by atoms with Gasteiger partial charge in [-0.2, -0.15) is 0 Å². The molecule has 0 unspecified atom stereocenters. The van der Waals surface area contributed by atoms with Gasteiger partial charge in [-0.3, -0.25) is 0 Å². The first-order chi connectivity index (χ1) is 8.06. The maximum atomic E-state index is 9.41. The summed E-state index contributed by atoms with van der Waals surface area (Å²) in [6.45, 7) is 3.67. The van der Waals surface area contributed by atoms with Crippen LogP contribution < -0.4 is 4.74 Å². The average Bonchev–Trinajstić information content (AvgIpc) is 2.27. The predicted molar refractivity (Wildman–Crippen MR) is 65.8 cm³/mol. The molecule has 0 fully saturated rings. The zero-order valence-electron chi connectivity index (χ0n) is 9.77. The number of hydrogen-bond acceptors (Lipinski definition) is 3. The summed E-state index contributed by atoms with van der Waals surface area (Å²) < 4.78 is 5.68. The summed E-state index contributed by atoms with van der Waals surface area (Å²) in [6.07, 6.45) is 0. The lowest BCUT2D eigenvalue weighted by Gasteiger charge is -2.10. The first kappa shape index (κ1) is 11.3. The van der Waals surface area contributed by atoms with Gasteiger partial charge in [0, 0.05) is 0 Å². The highest BCUT2D eigenvalue weighted by Gasteiger charge is 2.04. The van der Waals surface area contributed by atoms with E-state index in [9.17, 15) is 10.2 Å². The number of phenolic OH excluding ortho intramolecular Hbond substituents is 2. The van der Waals surface area contributed by atoms with Crippen molar-refractivity contribution >= 4 is 0 Å². The molecule has 88 valence electrons. The Bertz CT molecular complexity index is 547. The average molecular weight is 230 g/mol. The number of aromatic hydroxyl groups is 2. The molecule has 2 aromatic carbocycles. The van der Waals surface area contributed by atoms with Gasteiger partial charge in [0.05, 0.1) is 0 Å². The van der Waals surface area contributed by atoms with Crippen molar-refractivity contribution in [1.82, 2.24) is 0 Å². The molecule has 0 bridgehead atoms. The van der Waals surface area contributed by atoms with E-state index in [2.05, 4.69) is 0 Å². The SMILES string of the molecule is Cc1cc(Oc2ccc(O)cc2C)ccc1O. The van der Waals surface area contributed by atoms with E-state index in [-0.39, 0.29) is 11.5 Å². The molecule has 0 radical (unpaired) electrons. The summed E-state index contributed by atoms with van der Waals surface area (Å²) in [5.41, 5.74) is 1.62. The lowest BCUT2D eigenvalue weighted by atomic mass is 10.2. The minimum atomic E-state index is 0.219. The van der Waals surface area contributed by atoms with Gasteiger partial charge in [-0.05, 0) is 61.4 Å². The first-order valence-corrected chi connectivity index (χ1v) is 5.33. The maximum absolute atomic E-state index is 9.41. The minimum Gasteiger partial charge on any atom is -0.508 e. The van der Waals surface area contributed by atoms with Gasteiger partial charge in [0.2, 0.25) is 0 Å². The van der Waals surface area contributed by atoms with Crippen LogP contribution in [0, 0.1) is 13.8 Å². The van der Waals surface area contributed by atoms with Crippen molar-refractivity contribution in [3.63, 3.8) is 0 Å². The Balaban J connectivity index is 2.28. The summed E-state index contributed by atoms with van der Waals surface area (Å²) in [6, 6.07) is 10.0. The van der Waals surface area contributed by atoms with Gasteiger partial charge in [-0.25, -0.2) is 0 Å². The van der Waals surface area contributed by atoms with E-state index in [0.29, 0.717) is 11.5 Å². The number of benzene rings is 2. The number of aryl methyl sites for hydroxylation is 2. The summed E-state index contributed by atoms with van der Waals surface area (Å²) in [7, 11) is 0. The summed E-state index contributed by atoms with van der Waals surface area (Å²) in [5.74, 6) is 1.82. The smallest absolute Gasteiger partial charge is 0.130 e. The largest absolute Gasteiger partial charge is 0.508 e.